The van der Waals surface area contributed by atoms with Gasteiger partial charge in [0.1, 0.15) is 0 Å². The van der Waals surface area contributed by atoms with Crippen molar-refractivity contribution < 1.29 is 8.42 Å². The number of hydrogen-bond acceptors (Lipinski definition) is 3. The van der Waals surface area contributed by atoms with Crippen molar-refractivity contribution in [3.63, 3.8) is 0 Å². The number of fused-ring (bicyclic) bond motifs is 2. The Morgan fingerprint density at radius 3 is 2.75 bits per heavy atom. The molecule has 0 saturated carbocycles. The molecule has 2 unspecified atom stereocenters. The Morgan fingerprint density at radius 2 is 2.00 bits per heavy atom. The van der Waals surface area contributed by atoms with Crippen LogP contribution in [0.25, 0.3) is 0 Å². The third kappa shape index (κ3) is 2.52. The molecule has 2 fully saturated rings. The number of nitrogens with one attached hydrogen (secondary N) is 1. The van der Waals surface area contributed by atoms with Crippen molar-refractivity contribution >= 4 is 37.6 Å². The van der Waals surface area contributed by atoms with Gasteiger partial charge in [0.15, 0.2) is 0 Å². The molecule has 7 heteroatoms. The molecule has 1 aromatic carbocycles. The molecule has 110 valence electrons. The Kier molecular flexibility index (Phi) is 4.12. The third-order valence-electron chi connectivity index (χ3n) is 4.05. The third-order valence-corrected chi connectivity index (χ3v) is 7.29. The van der Waals surface area contributed by atoms with Crippen LogP contribution >= 0.6 is 27.5 Å². The number of nitrogens with zero attached hydrogens (tertiary/aromatic N) is 1. The molecule has 2 aliphatic rings. The van der Waals surface area contributed by atoms with Crippen LogP contribution in [0.15, 0.2) is 27.6 Å². The molecule has 2 saturated heterocycles. The van der Waals surface area contributed by atoms with Crippen LogP contribution in [-0.2, 0) is 10.0 Å². The van der Waals surface area contributed by atoms with E-state index in [4.69, 9.17) is 11.6 Å². The second kappa shape index (κ2) is 5.57. The first kappa shape index (κ1) is 14.8. The number of rotatable bonds is 2. The van der Waals surface area contributed by atoms with E-state index in [2.05, 4.69) is 21.2 Å². The first-order valence-electron chi connectivity index (χ1n) is 6.69. The lowest BCUT2D eigenvalue weighted by Crippen LogP contribution is -2.42. The van der Waals surface area contributed by atoms with Crippen molar-refractivity contribution in [3.8, 4) is 0 Å². The van der Waals surface area contributed by atoms with Crippen LogP contribution in [0.3, 0.4) is 0 Å². The molecule has 1 aromatic rings. The van der Waals surface area contributed by atoms with Crippen LogP contribution < -0.4 is 5.32 Å². The molecule has 2 heterocycles. The quantitative estimate of drug-likeness (QED) is 0.859. The number of halogens is 2. The van der Waals surface area contributed by atoms with Gasteiger partial charge in [-0.15, -0.1) is 0 Å². The lowest BCUT2D eigenvalue weighted by Gasteiger charge is -2.27. The summed E-state index contributed by atoms with van der Waals surface area (Å²) >= 11 is 9.33. The Hall–Kier alpha value is -0.140. The van der Waals surface area contributed by atoms with E-state index in [1.54, 1.807) is 16.4 Å². The Bertz CT molecular complexity index is 609. The second-order valence-electron chi connectivity index (χ2n) is 5.29. The predicted octanol–water partition coefficient (Wildman–Crippen LogP) is 2.62. The summed E-state index contributed by atoms with van der Waals surface area (Å²) in [5, 5.41) is 3.74. The van der Waals surface area contributed by atoms with E-state index in [9.17, 15) is 8.42 Å². The van der Waals surface area contributed by atoms with Crippen molar-refractivity contribution in [1.29, 1.82) is 0 Å². The topological polar surface area (TPSA) is 49.4 Å². The van der Waals surface area contributed by atoms with E-state index in [0.717, 1.165) is 32.4 Å². The normalized spacial score (nSPS) is 27.5. The fourth-order valence-electron chi connectivity index (χ4n) is 3.09. The number of hydrogen-bond donors (Lipinski definition) is 1. The fraction of sp³-hybridized carbons (Fsp3) is 0.538. The van der Waals surface area contributed by atoms with Crippen molar-refractivity contribution in [1.82, 2.24) is 9.62 Å². The van der Waals surface area contributed by atoms with Crippen molar-refractivity contribution in [2.45, 2.75) is 36.2 Å². The number of sulfonamides is 1. The van der Waals surface area contributed by atoms with Crippen LogP contribution in [0.5, 0.6) is 0 Å². The molecule has 0 spiro atoms. The molecule has 3 rings (SSSR count). The highest BCUT2D eigenvalue weighted by Gasteiger charge is 2.43. The lowest BCUT2D eigenvalue weighted by molar-refractivity contribution is 0.334. The summed E-state index contributed by atoms with van der Waals surface area (Å²) in [6, 6.07) is 5.01. The van der Waals surface area contributed by atoms with Crippen LogP contribution in [0.4, 0.5) is 0 Å². The molecular weight excluding hydrogens is 364 g/mol. The van der Waals surface area contributed by atoms with Gasteiger partial charge in [0, 0.05) is 23.1 Å². The zero-order valence-electron chi connectivity index (χ0n) is 10.9. The summed E-state index contributed by atoms with van der Waals surface area (Å²) in [6.07, 6.45) is 2.76. The molecule has 2 aliphatic heterocycles. The number of benzene rings is 1. The van der Waals surface area contributed by atoms with Gasteiger partial charge in [-0.3, -0.25) is 0 Å². The molecule has 2 bridgehead atoms. The molecule has 1 N–H and O–H groups in total. The molecule has 20 heavy (non-hydrogen) atoms. The summed E-state index contributed by atoms with van der Waals surface area (Å²) in [7, 11) is -3.47. The van der Waals surface area contributed by atoms with E-state index in [1.807, 2.05) is 0 Å². The second-order valence-corrected chi connectivity index (χ2v) is 8.39. The summed E-state index contributed by atoms with van der Waals surface area (Å²) in [5.41, 5.74) is 0. The zero-order valence-corrected chi connectivity index (χ0v) is 14.0. The fourth-order valence-corrected chi connectivity index (χ4v) is 5.51. The Balaban J connectivity index is 2.00. The SMILES string of the molecule is O=S(=O)(c1ccc(Br)c(Cl)c1)N1C2CCNCC1CC2. The highest BCUT2D eigenvalue weighted by Crippen LogP contribution is 2.35. The highest BCUT2D eigenvalue weighted by atomic mass is 79.9. The minimum absolute atomic E-state index is 0.0647. The summed E-state index contributed by atoms with van der Waals surface area (Å²) in [4.78, 5) is 0.282. The highest BCUT2D eigenvalue weighted by molar-refractivity contribution is 9.10. The maximum absolute atomic E-state index is 12.9. The molecule has 0 radical (unpaired) electrons. The van der Waals surface area contributed by atoms with E-state index in [1.165, 1.54) is 6.07 Å². The van der Waals surface area contributed by atoms with Gasteiger partial charge < -0.3 is 5.32 Å². The van der Waals surface area contributed by atoms with Crippen LogP contribution in [0, 0.1) is 0 Å². The van der Waals surface area contributed by atoms with Crippen LogP contribution in [-0.4, -0.2) is 37.9 Å². The minimum atomic E-state index is -3.47. The Morgan fingerprint density at radius 1 is 1.25 bits per heavy atom. The summed E-state index contributed by atoms with van der Waals surface area (Å²) < 4.78 is 28.2. The maximum atomic E-state index is 12.9. The van der Waals surface area contributed by atoms with Crippen molar-refractivity contribution in [2.24, 2.45) is 0 Å². The van der Waals surface area contributed by atoms with Crippen molar-refractivity contribution in [3.05, 3.63) is 27.7 Å². The van der Waals surface area contributed by atoms with Gasteiger partial charge in [0.2, 0.25) is 10.0 Å². The van der Waals surface area contributed by atoms with E-state index in [-0.39, 0.29) is 17.0 Å². The summed E-state index contributed by atoms with van der Waals surface area (Å²) in [6.45, 7) is 1.62. The van der Waals surface area contributed by atoms with E-state index in [0.29, 0.717) is 9.50 Å². The molecule has 2 atom stereocenters. The van der Waals surface area contributed by atoms with Gasteiger partial charge in [-0.1, -0.05) is 11.6 Å². The van der Waals surface area contributed by atoms with E-state index >= 15 is 0 Å². The zero-order chi connectivity index (χ0) is 14.3. The van der Waals surface area contributed by atoms with Crippen LogP contribution in [0.2, 0.25) is 5.02 Å². The average Bonchev–Trinajstić information content (AvgIpc) is 2.66. The average molecular weight is 380 g/mol. The Labute approximate surface area is 132 Å². The molecule has 0 aliphatic carbocycles. The summed E-state index contributed by atoms with van der Waals surface area (Å²) in [5.74, 6) is 0. The van der Waals surface area contributed by atoms with Crippen molar-refractivity contribution in [2.75, 3.05) is 13.1 Å². The predicted molar refractivity (Wildman–Crippen MR) is 82.5 cm³/mol. The van der Waals surface area contributed by atoms with Gasteiger partial charge in [-0.25, -0.2) is 8.42 Å². The largest absolute Gasteiger partial charge is 0.315 e. The first-order chi connectivity index (χ1) is 9.50. The van der Waals surface area contributed by atoms with Gasteiger partial charge in [-0.05, 0) is 59.9 Å². The smallest absolute Gasteiger partial charge is 0.243 e. The maximum Gasteiger partial charge on any atom is 0.243 e. The minimum Gasteiger partial charge on any atom is -0.315 e. The standard InChI is InChI=1S/C13H16BrClN2O2S/c14-12-4-3-11(7-13(12)15)20(18,19)17-9-1-2-10(17)8-16-6-5-9/h3-4,7,9-10,16H,1-2,5-6,8H2. The van der Waals surface area contributed by atoms with Gasteiger partial charge in [0.25, 0.3) is 0 Å². The molecular formula is C13H16BrClN2O2S. The van der Waals surface area contributed by atoms with Gasteiger partial charge in [0.05, 0.1) is 9.92 Å². The monoisotopic (exact) mass is 378 g/mol. The molecule has 0 aromatic heterocycles. The van der Waals surface area contributed by atoms with Gasteiger partial charge >= 0.3 is 0 Å². The van der Waals surface area contributed by atoms with Gasteiger partial charge in [-0.2, -0.15) is 4.31 Å². The van der Waals surface area contributed by atoms with Crippen LogP contribution in [0.1, 0.15) is 19.3 Å². The lowest BCUT2D eigenvalue weighted by atomic mass is 10.1. The molecule has 4 nitrogen and oxygen atoms in total. The molecule has 0 amide bonds. The first-order valence-corrected chi connectivity index (χ1v) is 9.30. The van der Waals surface area contributed by atoms with E-state index < -0.39 is 10.0 Å².